The Morgan fingerprint density at radius 2 is 2.21 bits per heavy atom. The Morgan fingerprint density at radius 3 is 2.89 bits per heavy atom. The molecule has 0 bridgehead atoms. The summed E-state index contributed by atoms with van der Waals surface area (Å²) in [4.78, 5) is 6.80. The third-order valence-corrected chi connectivity index (χ3v) is 5.39. The summed E-state index contributed by atoms with van der Waals surface area (Å²) in [6.45, 7) is 4.86. The molecule has 0 N–H and O–H groups in total. The molecule has 0 saturated carbocycles. The van der Waals surface area contributed by atoms with Crippen LogP contribution in [0, 0.1) is 6.92 Å². The number of aromatic nitrogens is 4. The topological polar surface area (TPSA) is 69.2 Å². The third-order valence-electron chi connectivity index (χ3n) is 4.92. The van der Waals surface area contributed by atoms with E-state index in [2.05, 4.69) is 20.1 Å². The average Bonchev–Trinajstić information content (AvgIpc) is 3.41. The van der Waals surface area contributed by atoms with E-state index >= 15 is 0 Å². The molecule has 4 heterocycles. The number of aryl methyl sites for hydroxylation is 2. The zero-order chi connectivity index (χ0) is 19.5. The summed E-state index contributed by atoms with van der Waals surface area (Å²) in [5.41, 5.74) is 3.40. The summed E-state index contributed by atoms with van der Waals surface area (Å²) in [5.74, 6) is 0.743. The Hall–Kier alpha value is -2.22. The molecule has 1 unspecified atom stereocenters. The molecule has 148 valence electrons. The van der Waals surface area contributed by atoms with Gasteiger partial charge >= 0.3 is 0 Å². The van der Waals surface area contributed by atoms with Gasteiger partial charge in [-0.25, -0.2) is 0 Å². The van der Waals surface area contributed by atoms with Crippen molar-refractivity contribution in [2.24, 2.45) is 7.05 Å². The van der Waals surface area contributed by atoms with Gasteiger partial charge in [0.1, 0.15) is 22.3 Å². The van der Waals surface area contributed by atoms with E-state index in [4.69, 9.17) is 20.9 Å². The first-order valence-corrected chi connectivity index (χ1v) is 9.87. The van der Waals surface area contributed by atoms with E-state index in [9.17, 15) is 0 Å². The van der Waals surface area contributed by atoms with Gasteiger partial charge in [-0.3, -0.25) is 14.6 Å². The molecule has 1 fully saturated rings. The summed E-state index contributed by atoms with van der Waals surface area (Å²) >= 11 is 6.60. The van der Waals surface area contributed by atoms with E-state index in [1.807, 2.05) is 44.4 Å². The summed E-state index contributed by atoms with van der Waals surface area (Å²) in [6, 6.07) is 7.85. The monoisotopic (exact) mass is 401 g/mol. The smallest absolute Gasteiger partial charge is 0.134 e. The average molecular weight is 402 g/mol. The number of nitrogens with zero attached hydrogens (tertiary/aromatic N) is 5. The molecule has 1 aliphatic rings. The quantitative estimate of drug-likeness (QED) is 0.602. The minimum atomic E-state index is 0.233. The molecule has 0 aliphatic carbocycles. The molecule has 1 atom stereocenters. The summed E-state index contributed by atoms with van der Waals surface area (Å²) in [6.07, 6.45) is 4.24. The molecule has 1 aliphatic heterocycles. The van der Waals surface area contributed by atoms with Gasteiger partial charge in [0.25, 0.3) is 0 Å². The fourth-order valence-electron chi connectivity index (χ4n) is 3.58. The lowest BCUT2D eigenvalue weighted by molar-refractivity contribution is 0.0675. The first kappa shape index (κ1) is 19.1. The molecule has 0 aromatic carbocycles. The molecule has 7 nitrogen and oxygen atoms in total. The summed E-state index contributed by atoms with van der Waals surface area (Å²) < 4.78 is 12.8. The van der Waals surface area contributed by atoms with E-state index < -0.39 is 0 Å². The highest BCUT2D eigenvalue weighted by Gasteiger charge is 2.25. The minimum absolute atomic E-state index is 0.233. The Labute approximate surface area is 169 Å². The van der Waals surface area contributed by atoms with Crippen LogP contribution in [0.15, 0.2) is 35.0 Å². The highest BCUT2D eigenvalue weighted by atomic mass is 35.5. The Bertz CT molecular complexity index is 918. The van der Waals surface area contributed by atoms with Crippen molar-refractivity contribution in [1.29, 1.82) is 0 Å². The van der Waals surface area contributed by atoms with Gasteiger partial charge in [0.15, 0.2) is 0 Å². The van der Waals surface area contributed by atoms with Crippen LogP contribution < -0.4 is 0 Å². The van der Waals surface area contributed by atoms with Crippen molar-refractivity contribution in [3.05, 3.63) is 52.6 Å². The van der Waals surface area contributed by atoms with E-state index in [-0.39, 0.29) is 6.10 Å². The number of rotatable bonds is 7. The number of halogens is 1. The molecule has 0 amide bonds. The largest absolute Gasteiger partial charge is 0.377 e. The Kier molecular flexibility index (Phi) is 5.75. The summed E-state index contributed by atoms with van der Waals surface area (Å²) in [7, 11) is 1.84. The molecule has 3 aromatic heterocycles. The molecule has 0 radical (unpaired) electrons. The maximum atomic E-state index is 6.60. The lowest BCUT2D eigenvalue weighted by Gasteiger charge is -2.25. The third kappa shape index (κ3) is 4.27. The predicted octanol–water partition coefficient (Wildman–Crippen LogP) is 3.61. The van der Waals surface area contributed by atoms with Gasteiger partial charge in [-0.05, 0) is 31.9 Å². The van der Waals surface area contributed by atoms with Crippen molar-refractivity contribution in [3.63, 3.8) is 0 Å². The number of hydrogen-bond donors (Lipinski definition) is 0. The molecular formula is C20H24ClN5O2. The van der Waals surface area contributed by atoms with Crippen LogP contribution in [-0.2, 0) is 24.9 Å². The van der Waals surface area contributed by atoms with E-state index in [1.54, 1.807) is 4.68 Å². The standard InChI is InChI=1S/C20H24ClN5O2/c1-14-10-18(24-28-14)19-17(20(21)25(2)23-19)13-26(12-16-7-5-9-27-16)11-15-6-3-4-8-22-15/h3-4,6,8,10,16H,5,7,9,11-13H2,1-2H3. The summed E-state index contributed by atoms with van der Waals surface area (Å²) in [5, 5.41) is 9.31. The van der Waals surface area contributed by atoms with E-state index in [1.165, 1.54) is 0 Å². The normalized spacial score (nSPS) is 16.9. The fraction of sp³-hybridized carbons (Fsp3) is 0.450. The zero-order valence-corrected chi connectivity index (χ0v) is 16.9. The van der Waals surface area contributed by atoms with E-state index in [0.29, 0.717) is 23.9 Å². The molecular weight excluding hydrogens is 378 g/mol. The highest BCUT2D eigenvalue weighted by Crippen LogP contribution is 2.30. The van der Waals surface area contributed by atoms with Gasteiger partial charge in [0.05, 0.1) is 11.8 Å². The minimum Gasteiger partial charge on any atom is -0.377 e. The number of ether oxygens (including phenoxy) is 1. The highest BCUT2D eigenvalue weighted by molar-refractivity contribution is 6.30. The first-order chi connectivity index (χ1) is 13.6. The Balaban J connectivity index is 1.62. The SMILES string of the molecule is Cc1cc(-c2nn(C)c(Cl)c2CN(Cc2ccccn2)CC2CCCO2)no1. The van der Waals surface area contributed by atoms with E-state index in [0.717, 1.165) is 48.7 Å². The van der Waals surface area contributed by atoms with Crippen LogP contribution in [0.5, 0.6) is 0 Å². The van der Waals surface area contributed by atoms with Gasteiger partial charge < -0.3 is 9.26 Å². The van der Waals surface area contributed by atoms with Crippen LogP contribution in [0.25, 0.3) is 11.4 Å². The number of hydrogen-bond acceptors (Lipinski definition) is 6. The van der Waals surface area contributed by atoms with Gasteiger partial charge in [-0.1, -0.05) is 22.8 Å². The zero-order valence-electron chi connectivity index (χ0n) is 16.1. The van der Waals surface area contributed by atoms with Gasteiger partial charge in [0, 0.05) is 51.1 Å². The molecule has 4 rings (SSSR count). The van der Waals surface area contributed by atoms with Crippen molar-refractivity contribution in [2.45, 2.75) is 39.0 Å². The maximum absolute atomic E-state index is 6.60. The molecule has 0 spiro atoms. The van der Waals surface area contributed by atoms with Crippen LogP contribution in [0.3, 0.4) is 0 Å². The second-order valence-corrected chi connectivity index (χ2v) is 7.55. The predicted molar refractivity (Wildman–Crippen MR) is 106 cm³/mol. The second-order valence-electron chi connectivity index (χ2n) is 7.19. The maximum Gasteiger partial charge on any atom is 0.134 e. The van der Waals surface area contributed by atoms with Crippen molar-refractivity contribution in [2.75, 3.05) is 13.2 Å². The van der Waals surface area contributed by atoms with Crippen LogP contribution in [-0.4, -0.2) is 44.1 Å². The van der Waals surface area contributed by atoms with Gasteiger partial charge in [0.2, 0.25) is 0 Å². The molecule has 3 aromatic rings. The second kappa shape index (κ2) is 8.43. The van der Waals surface area contributed by atoms with Crippen LogP contribution >= 0.6 is 11.6 Å². The van der Waals surface area contributed by atoms with Crippen LogP contribution in [0.1, 0.15) is 29.9 Å². The van der Waals surface area contributed by atoms with Crippen molar-refractivity contribution in [3.8, 4) is 11.4 Å². The van der Waals surface area contributed by atoms with Crippen molar-refractivity contribution in [1.82, 2.24) is 24.8 Å². The molecule has 8 heteroatoms. The van der Waals surface area contributed by atoms with Crippen LogP contribution in [0.2, 0.25) is 5.15 Å². The van der Waals surface area contributed by atoms with Gasteiger partial charge in [-0.2, -0.15) is 5.10 Å². The van der Waals surface area contributed by atoms with Crippen molar-refractivity contribution < 1.29 is 9.26 Å². The Morgan fingerprint density at radius 1 is 1.32 bits per heavy atom. The molecule has 28 heavy (non-hydrogen) atoms. The number of pyridine rings is 1. The van der Waals surface area contributed by atoms with Crippen LogP contribution in [0.4, 0.5) is 0 Å². The first-order valence-electron chi connectivity index (χ1n) is 9.49. The molecule has 1 saturated heterocycles. The fourth-order valence-corrected chi connectivity index (χ4v) is 3.76. The lowest BCUT2D eigenvalue weighted by atomic mass is 10.1. The van der Waals surface area contributed by atoms with Gasteiger partial charge in [-0.15, -0.1) is 0 Å². The lowest BCUT2D eigenvalue weighted by Crippen LogP contribution is -2.32. The van der Waals surface area contributed by atoms with Crippen molar-refractivity contribution >= 4 is 11.6 Å².